The Morgan fingerprint density at radius 2 is 2.25 bits per heavy atom. The van der Waals surface area contributed by atoms with Gasteiger partial charge in [-0.25, -0.2) is 0 Å². The molecule has 1 aromatic heterocycles. The first-order valence-corrected chi connectivity index (χ1v) is 8.60. The highest BCUT2D eigenvalue weighted by molar-refractivity contribution is 5.76. The predicted octanol–water partition coefficient (Wildman–Crippen LogP) is 2.22. The highest BCUT2D eigenvalue weighted by atomic mass is 16.5. The maximum Gasteiger partial charge on any atom is 0.220 e. The van der Waals surface area contributed by atoms with Crippen LogP contribution in [0.25, 0.3) is 0 Å². The minimum absolute atomic E-state index is 0.00710. The third-order valence-corrected chi connectivity index (χ3v) is 4.38. The molecule has 1 saturated heterocycles. The van der Waals surface area contributed by atoms with Crippen molar-refractivity contribution in [1.82, 2.24) is 15.5 Å². The van der Waals surface area contributed by atoms with E-state index in [1.54, 1.807) is 0 Å². The third kappa shape index (κ3) is 5.46. The quantitative estimate of drug-likeness (QED) is 0.749. The Labute approximate surface area is 144 Å². The Bertz CT molecular complexity index is 576. The van der Waals surface area contributed by atoms with Crippen molar-refractivity contribution in [3.63, 3.8) is 0 Å². The molecule has 0 spiro atoms. The molecule has 6 nitrogen and oxygen atoms in total. The number of aryl methyl sites for hydroxylation is 2. The summed E-state index contributed by atoms with van der Waals surface area (Å²) in [4.78, 5) is 12.3. The van der Waals surface area contributed by atoms with Crippen LogP contribution in [0.4, 0.5) is 0 Å². The Morgan fingerprint density at radius 1 is 1.46 bits per heavy atom. The number of carbonyl (C=O) groups is 1. The lowest BCUT2D eigenvalue weighted by molar-refractivity contribution is -0.125. The van der Waals surface area contributed by atoms with Gasteiger partial charge in [-0.3, -0.25) is 9.89 Å². The molecule has 1 fully saturated rings. The molecule has 1 aliphatic rings. The average Bonchev–Trinajstić information content (AvgIpc) is 2.86. The lowest BCUT2D eigenvalue weighted by atomic mass is 10.1. The van der Waals surface area contributed by atoms with E-state index in [0.29, 0.717) is 32.7 Å². The van der Waals surface area contributed by atoms with E-state index in [1.807, 2.05) is 27.7 Å². The minimum atomic E-state index is -0.0844. The van der Waals surface area contributed by atoms with E-state index >= 15 is 0 Å². The number of aromatic nitrogens is 2. The van der Waals surface area contributed by atoms with Crippen LogP contribution in [-0.4, -0.2) is 48.1 Å². The summed E-state index contributed by atoms with van der Waals surface area (Å²) in [7, 11) is 0. The molecule has 0 unspecified atom stereocenters. The second-order valence-electron chi connectivity index (χ2n) is 6.61. The Balaban J connectivity index is 1.81. The fraction of sp³-hybridized carbons (Fsp3) is 0.667. The molecule has 0 radical (unpaired) electrons. The lowest BCUT2D eigenvalue weighted by Crippen LogP contribution is -2.50. The predicted molar refractivity (Wildman–Crippen MR) is 92.9 cm³/mol. The van der Waals surface area contributed by atoms with E-state index < -0.39 is 0 Å². The summed E-state index contributed by atoms with van der Waals surface area (Å²) < 4.78 is 11.4. The standard InChI is InChI=1S/C18H29N3O3/c1-12(2)7-10-24-17-8-9-23-11-16(17)19-18(22)6-5-15-13(3)14(4)20-21-15/h7,16-17H,5-6,8-11H2,1-4H3,(H,19,22)(H,20,21)/t16-,17+/m1/s1. The summed E-state index contributed by atoms with van der Waals surface area (Å²) in [5.41, 5.74) is 4.37. The molecule has 0 saturated carbocycles. The van der Waals surface area contributed by atoms with Crippen molar-refractivity contribution < 1.29 is 14.3 Å². The molecule has 0 bridgehead atoms. The van der Waals surface area contributed by atoms with Gasteiger partial charge in [0.2, 0.25) is 5.91 Å². The number of nitrogens with zero attached hydrogens (tertiary/aromatic N) is 1. The number of amides is 1. The summed E-state index contributed by atoms with van der Waals surface area (Å²) in [5.74, 6) is 0.0152. The fourth-order valence-corrected chi connectivity index (χ4v) is 2.68. The largest absolute Gasteiger partial charge is 0.379 e. The van der Waals surface area contributed by atoms with Crippen LogP contribution in [0.3, 0.4) is 0 Å². The van der Waals surface area contributed by atoms with E-state index in [0.717, 1.165) is 23.4 Å². The van der Waals surface area contributed by atoms with E-state index in [4.69, 9.17) is 9.47 Å². The molecular weight excluding hydrogens is 306 g/mol. The Hall–Kier alpha value is -1.66. The highest BCUT2D eigenvalue weighted by Crippen LogP contribution is 2.14. The van der Waals surface area contributed by atoms with E-state index in [-0.39, 0.29) is 18.1 Å². The maximum atomic E-state index is 12.3. The zero-order chi connectivity index (χ0) is 17.5. The minimum Gasteiger partial charge on any atom is -0.379 e. The monoisotopic (exact) mass is 335 g/mol. The third-order valence-electron chi connectivity index (χ3n) is 4.38. The van der Waals surface area contributed by atoms with Gasteiger partial charge in [-0.15, -0.1) is 0 Å². The first-order chi connectivity index (χ1) is 11.5. The van der Waals surface area contributed by atoms with Gasteiger partial charge in [0.25, 0.3) is 0 Å². The Morgan fingerprint density at radius 3 is 2.92 bits per heavy atom. The summed E-state index contributed by atoms with van der Waals surface area (Å²) in [6.45, 7) is 9.86. The van der Waals surface area contributed by atoms with Gasteiger partial charge in [0, 0.05) is 25.1 Å². The molecule has 1 amide bonds. The smallest absolute Gasteiger partial charge is 0.220 e. The van der Waals surface area contributed by atoms with Crippen molar-refractivity contribution in [3.8, 4) is 0 Å². The second-order valence-corrected chi connectivity index (χ2v) is 6.61. The molecule has 1 aliphatic heterocycles. The molecule has 2 heterocycles. The van der Waals surface area contributed by atoms with Crippen molar-refractivity contribution in [3.05, 3.63) is 28.6 Å². The molecule has 0 aliphatic carbocycles. The number of allylic oxidation sites excluding steroid dienone is 1. The molecule has 6 heteroatoms. The molecule has 2 N–H and O–H groups in total. The summed E-state index contributed by atoms with van der Waals surface area (Å²) >= 11 is 0. The summed E-state index contributed by atoms with van der Waals surface area (Å²) in [6.07, 6.45) is 3.92. The SMILES string of the molecule is CC(C)=CCO[C@H]1CCOC[C@H]1NC(=O)CCc1n[nH]c(C)c1C. The van der Waals surface area contributed by atoms with Crippen LogP contribution < -0.4 is 5.32 Å². The van der Waals surface area contributed by atoms with Crippen LogP contribution in [0, 0.1) is 13.8 Å². The zero-order valence-corrected chi connectivity index (χ0v) is 15.1. The number of rotatable bonds is 7. The molecule has 0 aromatic carbocycles. The van der Waals surface area contributed by atoms with E-state index in [2.05, 4.69) is 21.6 Å². The number of H-pyrrole nitrogens is 1. The Kier molecular flexibility index (Phi) is 6.99. The first kappa shape index (κ1) is 18.7. The van der Waals surface area contributed by atoms with Crippen LogP contribution in [-0.2, 0) is 20.7 Å². The zero-order valence-electron chi connectivity index (χ0n) is 15.1. The summed E-state index contributed by atoms with van der Waals surface area (Å²) in [6, 6.07) is -0.0844. The molecule has 2 atom stereocenters. The number of ether oxygens (including phenoxy) is 2. The molecule has 2 rings (SSSR count). The number of carbonyl (C=O) groups excluding carboxylic acids is 1. The van der Waals surface area contributed by atoms with Crippen LogP contribution in [0.2, 0.25) is 0 Å². The van der Waals surface area contributed by atoms with Gasteiger partial charge in [-0.05, 0) is 39.7 Å². The second kappa shape index (κ2) is 8.99. The highest BCUT2D eigenvalue weighted by Gasteiger charge is 2.27. The van der Waals surface area contributed by atoms with Crippen LogP contribution in [0.15, 0.2) is 11.6 Å². The van der Waals surface area contributed by atoms with Crippen molar-refractivity contribution in [1.29, 1.82) is 0 Å². The summed E-state index contributed by atoms with van der Waals surface area (Å²) in [5, 5.41) is 10.3. The van der Waals surface area contributed by atoms with Crippen LogP contribution in [0.1, 0.15) is 43.6 Å². The number of hydrogen-bond acceptors (Lipinski definition) is 4. The van der Waals surface area contributed by atoms with Gasteiger partial charge in [-0.2, -0.15) is 5.10 Å². The van der Waals surface area contributed by atoms with Crippen LogP contribution in [0.5, 0.6) is 0 Å². The van der Waals surface area contributed by atoms with Crippen molar-refractivity contribution in [2.75, 3.05) is 19.8 Å². The molecule has 24 heavy (non-hydrogen) atoms. The lowest BCUT2D eigenvalue weighted by Gasteiger charge is -2.31. The number of aromatic amines is 1. The average molecular weight is 335 g/mol. The molecular formula is C18H29N3O3. The van der Waals surface area contributed by atoms with Gasteiger partial charge in [-0.1, -0.05) is 11.6 Å². The van der Waals surface area contributed by atoms with Gasteiger partial charge >= 0.3 is 0 Å². The van der Waals surface area contributed by atoms with E-state index in [9.17, 15) is 4.79 Å². The molecule has 134 valence electrons. The normalized spacial score (nSPS) is 20.7. The van der Waals surface area contributed by atoms with Crippen molar-refractivity contribution in [2.24, 2.45) is 0 Å². The first-order valence-electron chi connectivity index (χ1n) is 8.60. The van der Waals surface area contributed by atoms with Gasteiger partial charge in [0.05, 0.1) is 31.1 Å². The van der Waals surface area contributed by atoms with Gasteiger partial charge < -0.3 is 14.8 Å². The number of hydrogen-bond donors (Lipinski definition) is 2. The fourth-order valence-electron chi connectivity index (χ4n) is 2.68. The van der Waals surface area contributed by atoms with Gasteiger partial charge in [0.1, 0.15) is 0 Å². The maximum absolute atomic E-state index is 12.3. The van der Waals surface area contributed by atoms with Crippen molar-refractivity contribution in [2.45, 2.75) is 59.1 Å². The van der Waals surface area contributed by atoms with Gasteiger partial charge in [0.15, 0.2) is 0 Å². The van der Waals surface area contributed by atoms with Crippen molar-refractivity contribution >= 4 is 5.91 Å². The van der Waals surface area contributed by atoms with Crippen LogP contribution >= 0.6 is 0 Å². The number of nitrogens with one attached hydrogen (secondary N) is 2. The molecule has 1 aromatic rings. The topological polar surface area (TPSA) is 76.2 Å². The van der Waals surface area contributed by atoms with E-state index in [1.165, 1.54) is 5.57 Å².